The van der Waals surface area contributed by atoms with Gasteiger partial charge in [0, 0.05) is 31.9 Å². The Bertz CT molecular complexity index is 424. The molecule has 0 spiro atoms. The fourth-order valence-corrected chi connectivity index (χ4v) is 1.91. The van der Waals surface area contributed by atoms with Crippen LogP contribution in [0.3, 0.4) is 0 Å². The van der Waals surface area contributed by atoms with Gasteiger partial charge in [-0.2, -0.15) is 0 Å². The smallest absolute Gasteiger partial charge is 0.128 e. The largest absolute Gasteiger partial charge is 0.360 e. The molecule has 1 heterocycles. The monoisotopic (exact) mass is 297 g/mol. The second-order valence-corrected chi connectivity index (χ2v) is 7.25. The number of hydrogen-bond donors (Lipinski definition) is 1. The molecule has 0 bridgehead atoms. The van der Waals surface area contributed by atoms with Crippen molar-refractivity contribution >= 4 is 17.4 Å². The van der Waals surface area contributed by atoms with E-state index < -0.39 is 0 Å². The minimum absolute atomic E-state index is 0.0797. The Balaban J connectivity index is 2.74. The molecule has 1 aromatic heterocycles. The first-order valence-corrected chi connectivity index (χ1v) is 7.67. The highest BCUT2D eigenvalue weighted by molar-refractivity contribution is 6.31. The molecule has 0 fully saturated rings. The number of hydrogen-bond acceptors (Lipinski definition) is 3. The number of pyridine rings is 1. The maximum Gasteiger partial charge on any atom is 0.128 e. The summed E-state index contributed by atoms with van der Waals surface area (Å²) in [7, 11) is 2.08. The minimum Gasteiger partial charge on any atom is -0.360 e. The van der Waals surface area contributed by atoms with Crippen molar-refractivity contribution in [1.82, 2.24) is 10.3 Å². The van der Waals surface area contributed by atoms with Crippen molar-refractivity contribution < 1.29 is 0 Å². The number of halogens is 1. The summed E-state index contributed by atoms with van der Waals surface area (Å²) in [5.41, 5.74) is 1.18. The molecule has 0 saturated heterocycles. The van der Waals surface area contributed by atoms with Crippen LogP contribution in [-0.2, 0) is 6.54 Å². The molecule has 4 heteroatoms. The SMILES string of the molecule is CC(C)CCN(C)c1cc(CNC(C)(C)C)c(Cl)cn1. The molecule has 0 unspecified atom stereocenters. The standard InChI is InChI=1S/C16H28ClN3/c1-12(2)7-8-20(6)15-9-13(14(17)11-18-15)10-19-16(3,4)5/h9,11-12,19H,7-8,10H2,1-6H3. The number of nitrogens with zero attached hydrogens (tertiary/aromatic N) is 2. The van der Waals surface area contributed by atoms with Crippen LogP contribution in [0.1, 0.15) is 46.6 Å². The number of rotatable bonds is 6. The van der Waals surface area contributed by atoms with Gasteiger partial charge >= 0.3 is 0 Å². The van der Waals surface area contributed by atoms with Gasteiger partial charge in [-0.25, -0.2) is 4.98 Å². The van der Waals surface area contributed by atoms with E-state index in [4.69, 9.17) is 11.6 Å². The summed E-state index contributed by atoms with van der Waals surface area (Å²) in [5, 5.41) is 4.19. The van der Waals surface area contributed by atoms with Crippen LogP contribution in [0.5, 0.6) is 0 Å². The third-order valence-corrected chi connectivity index (χ3v) is 3.50. The number of aromatic nitrogens is 1. The lowest BCUT2D eigenvalue weighted by atomic mass is 10.1. The van der Waals surface area contributed by atoms with E-state index in [0.717, 1.165) is 35.9 Å². The van der Waals surface area contributed by atoms with Gasteiger partial charge in [0.05, 0.1) is 5.02 Å². The van der Waals surface area contributed by atoms with E-state index in [9.17, 15) is 0 Å². The first kappa shape index (κ1) is 17.3. The van der Waals surface area contributed by atoms with Gasteiger partial charge in [0.25, 0.3) is 0 Å². The third kappa shape index (κ3) is 6.10. The Hall–Kier alpha value is -0.800. The van der Waals surface area contributed by atoms with Gasteiger partial charge in [-0.15, -0.1) is 0 Å². The third-order valence-electron chi connectivity index (χ3n) is 3.16. The zero-order valence-corrected chi connectivity index (χ0v) is 14.4. The van der Waals surface area contributed by atoms with Crippen LogP contribution in [0.2, 0.25) is 5.02 Å². The van der Waals surface area contributed by atoms with Crippen LogP contribution in [0.15, 0.2) is 12.3 Å². The molecule has 20 heavy (non-hydrogen) atoms. The summed E-state index contributed by atoms with van der Waals surface area (Å²) in [5.74, 6) is 1.69. The molecule has 0 aliphatic rings. The summed E-state index contributed by atoms with van der Waals surface area (Å²) in [6.45, 7) is 12.7. The summed E-state index contributed by atoms with van der Waals surface area (Å²) < 4.78 is 0. The van der Waals surface area contributed by atoms with Gasteiger partial charge in [-0.1, -0.05) is 25.4 Å². The lowest BCUT2D eigenvalue weighted by Crippen LogP contribution is -2.35. The molecular weight excluding hydrogens is 270 g/mol. The molecule has 0 radical (unpaired) electrons. The van der Waals surface area contributed by atoms with E-state index in [1.807, 2.05) is 0 Å². The average molecular weight is 298 g/mol. The predicted molar refractivity (Wildman–Crippen MR) is 88.6 cm³/mol. The van der Waals surface area contributed by atoms with Crippen LogP contribution in [-0.4, -0.2) is 24.1 Å². The molecule has 114 valence electrons. The highest BCUT2D eigenvalue weighted by Gasteiger charge is 2.12. The molecular formula is C16H28ClN3. The second kappa shape index (κ2) is 7.28. The second-order valence-electron chi connectivity index (χ2n) is 6.84. The predicted octanol–water partition coefficient (Wildman–Crippen LogP) is 4.11. The fraction of sp³-hybridized carbons (Fsp3) is 0.688. The van der Waals surface area contributed by atoms with E-state index in [-0.39, 0.29) is 5.54 Å². The van der Waals surface area contributed by atoms with Gasteiger partial charge < -0.3 is 10.2 Å². The van der Waals surface area contributed by atoms with Gasteiger partial charge in [0.15, 0.2) is 0 Å². The van der Waals surface area contributed by atoms with Crippen LogP contribution in [0, 0.1) is 5.92 Å². The van der Waals surface area contributed by atoms with E-state index in [0.29, 0.717) is 5.92 Å². The van der Waals surface area contributed by atoms with Gasteiger partial charge in [-0.3, -0.25) is 0 Å². The minimum atomic E-state index is 0.0797. The quantitative estimate of drug-likeness (QED) is 0.856. The van der Waals surface area contributed by atoms with Crippen molar-refractivity contribution in [2.24, 2.45) is 5.92 Å². The van der Waals surface area contributed by atoms with E-state index in [2.05, 4.69) is 62.9 Å². The van der Waals surface area contributed by atoms with Crippen LogP contribution in [0.25, 0.3) is 0 Å². The van der Waals surface area contributed by atoms with Gasteiger partial charge in [-0.05, 0) is 44.7 Å². The molecule has 0 atom stereocenters. The van der Waals surface area contributed by atoms with E-state index in [1.54, 1.807) is 6.20 Å². The fourth-order valence-electron chi connectivity index (χ4n) is 1.74. The molecule has 0 aromatic carbocycles. The molecule has 1 aromatic rings. The molecule has 0 saturated carbocycles. The summed E-state index contributed by atoms with van der Waals surface area (Å²) in [4.78, 5) is 6.62. The first-order chi connectivity index (χ1) is 9.19. The number of anilines is 1. The van der Waals surface area contributed by atoms with Crippen LogP contribution >= 0.6 is 11.6 Å². The van der Waals surface area contributed by atoms with Crippen molar-refractivity contribution in [2.75, 3.05) is 18.5 Å². The van der Waals surface area contributed by atoms with Gasteiger partial charge in [0.1, 0.15) is 5.82 Å². The molecule has 1 rings (SSSR count). The lowest BCUT2D eigenvalue weighted by Gasteiger charge is -2.23. The maximum absolute atomic E-state index is 6.24. The summed E-state index contributed by atoms with van der Waals surface area (Å²) in [6, 6.07) is 2.08. The molecule has 1 N–H and O–H groups in total. The maximum atomic E-state index is 6.24. The van der Waals surface area contributed by atoms with E-state index >= 15 is 0 Å². The zero-order chi connectivity index (χ0) is 15.3. The van der Waals surface area contributed by atoms with Crippen molar-refractivity contribution in [1.29, 1.82) is 0 Å². The normalized spacial score (nSPS) is 12.0. The van der Waals surface area contributed by atoms with Crippen LogP contribution in [0.4, 0.5) is 5.82 Å². The Morgan fingerprint density at radius 3 is 2.55 bits per heavy atom. The Labute approximate surface area is 128 Å². The zero-order valence-electron chi connectivity index (χ0n) is 13.6. The van der Waals surface area contributed by atoms with Crippen LogP contribution < -0.4 is 10.2 Å². The lowest BCUT2D eigenvalue weighted by molar-refractivity contribution is 0.424. The van der Waals surface area contributed by atoms with Crippen molar-refractivity contribution in [3.8, 4) is 0 Å². The van der Waals surface area contributed by atoms with Crippen molar-refractivity contribution in [2.45, 2.75) is 53.1 Å². The van der Waals surface area contributed by atoms with Crippen molar-refractivity contribution in [3.63, 3.8) is 0 Å². The van der Waals surface area contributed by atoms with Gasteiger partial charge in [0.2, 0.25) is 0 Å². The number of nitrogens with one attached hydrogen (secondary N) is 1. The summed E-state index contributed by atoms with van der Waals surface area (Å²) >= 11 is 6.24. The van der Waals surface area contributed by atoms with E-state index in [1.165, 1.54) is 0 Å². The Morgan fingerprint density at radius 1 is 1.35 bits per heavy atom. The Morgan fingerprint density at radius 2 is 2.00 bits per heavy atom. The van der Waals surface area contributed by atoms with Crippen molar-refractivity contribution in [3.05, 3.63) is 22.8 Å². The molecule has 0 aliphatic carbocycles. The highest BCUT2D eigenvalue weighted by Crippen LogP contribution is 2.21. The Kier molecular flexibility index (Phi) is 6.28. The molecule has 3 nitrogen and oxygen atoms in total. The topological polar surface area (TPSA) is 28.2 Å². The summed E-state index contributed by atoms with van der Waals surface area (Å²) in [6.07, 6.45) is 2.92. The molecule has 0 aliphatic heterocycles. The first-order valence-electron chi connectivity index (χ1n) is 7.29. The molecule has 0 amide bonds. The average Bonchev–Trinajstić information content (AvgIpc) is 2.33. The highest BCUT2D eigenvalue weighted by atomic mass is 35.5.